The predicted molar refractivity (Wildman–Crippen MR) is 95.6 cm³/mol. The Morgan fingerprint density at radius 1 is 1.35 bits per heavy atom. The van der Waals surface area contributed by atoms with E-state index in [0.717, 1.165) is 10.8 Å². The quantitative estimate of drug-likeness (QED) is 0.824. The van der Waals surface area contributed by atoms with Crippen molar-refractivity contribution >= 4 is 16.7 Å². The highest BCUT2D eigenvalue weighted by Gasteiger charge is 2.38. The van der Waals surface area contributed by atoms with E-state index in [1.54, 1.807) is 19.9 Å². The molecular weight excluding hydrogens is 332 g/mol. The third-order valence-corrected chi connectivity index (χ3v) is 4.34. The maximum atomic E-state index is 12.6. The highest BCUT2D eigenvalue weighted by molar-refractivity contribution is 5.96. The van der Waals surface area contributed by atoms with Crippen molar-refractivity contribution < 1.29 is 19.4 Å². The number of nitriles is 1. The molecule has 1 heterocycles. The Kier molecular flexibility index (Phi) is 4.55. The van der Waals surface area contributed by atoms with Gasteiger partial charge in [0.2, 0.25) is 5.88 Å². The Morgan fingerprint density at radius 3 is 2.77 bits per heavy atom. The van der Waals surface area contributed by atoms with Crippen LogP contribution in [-0.4, -0.2) is 17.7 Å². The van der Waals surface area contributed by atoms with E-state index in [9.17, 15) is 15.2 Å². The maximum absolute atomic E-state index is 12.6. The van der Waals surface area contributed by atoms with Gasteiger partial charge in [0.15, 0.2) is 0 Å². The topological polar surface area (TPSA) is 106 Å². The van der Waals surface area contributed by atoms with Crippen LogP contribution in [0.1, 0.15) is 25.3 Å². The lowest BCUT2D eigenvalue weighted by molar-refractivity contribution is -0.139. The number of esters is 1. The van der Waals surface area contributed by atoms with E-state index in [0.29, 0.717) is 5.56 Å². The van der Waals surface area contributed by atoms with E-state index in [2.05, 4.69) is 0 Å². The molecule has 0 saturated heterocycles. The van der Waals surface area contributed by atoms with Crippen molar-refractivity contribution in [3.8, 4) is 11.8 Å². The lowest BCUT2D eigenvalue weighted by atomic mass is 9.80. The van der Waals surface area contributed by atoms with Gasteiger partial charge < -0.3 is 20.3 Å². The average Bonchev–Trinajstić information content (AvgIpc) is 2.61. The Bertz CT molecular complexity index is 999. The molecule has 0 radical (unpaired) electrons. The maximum Gasteiger partial charge on any atom is 0.338 e. The second-order valence-electron chi connectivity index (χ2n) is 5.83. The van der Waals surface area contributed by atoms with Crippen LogP contribution in [0.5, 0.6) is 5.75 Å². The first-order valence-electron chi connectivity index (χ1n) is 8.15. The minimum atomic E-state index is -0.876. The van der Waals surface area contributed by atoms with E-state index in [1.165, 1.54) is 6.07 Å². The number of carbonyl (C=O) groups is 1. The molecule has 1 aliphatic rings. The average molecular weight is 350 g/mol. The van der Waals surface area contributed by atoms with Gasteiger partial charge in [-0.1, -0.05) is 30.3 Å². The first-order chi connectivity index (χ1) is 12.5. The smallest absolute Gasteiger partial charge is 0.338 e. The predicted octanol–water partition coefficient (Wildman–Crippen LogP) is 3.19. The number of benzene rings is 2. The second-order valence-corrected chi connectivity index (χ2v) is 5.83. The van der Waals surface area contributed by atoms with Gasteiger partial charge >= 0.3 is 5.97 Å². The first-order valence-corrected chi connectivity index (χ1v) is 8.15. The lowest BCUT2D eigenvalue weighted by Gasteiger charge is -2.28. The van der Waals surface area contributed by atoms with Gasteiger partial charge in [0.05, 0.1) is 18.1 Å². The highest BCUT2D eigenvalue weighted by atomic mass is 16.5. The number of allylic oxidation sites excluding steroid dienone is 2. The summed E-state index contributed by atoms with van der Waals surface area (Å²) in [5.74, 6) is -1.36. The van der Waals surface area contributed by atoms with Crippen LogP contribution in [0.3, 0.4) is 0 Å². The standard InChI is InChI=1S/C20H18N2O4/c1-3-25-20(24)16-11(2)26-19(22)14(10-21)18(16)17-13-7-5-4-6-12(13)8-9-15(17)23/h4-9,18,23H,3,22H2,1-2H3. The number of nitrogens with two attached hydrogens (primary N) is 1. The number of fused-ring (bicyclic) bond motifs is 1. The number of rotatable bonds is 3. The molecule has 0 aliphatic carbocycles. The number of hydrogen-bond donors (Lipinski definition) is 2. The summed E-state index contributed by atoms with van der Waals surface area (Å²) < 4.78 is 10.6. The molecule has 2 aromatic carbocycles. The van der Waals surface area contributed by atoms with E-state index < -0.39 is 11.9 Å². The van der Waals surface area contributed by atoms with E-state index in [-0.39, 0.29) is 35.1 Å². The molecule has 2 aromatic rings. The van der Waals surface area contributed by atoms with Gasteiger partial charge in [-0.15, -0.1) is 0 Å². The minimum absolute atomic E-state index is 0.0363. The van der Waals surface area contributed by atoms with Crippen LogP contribution in [0.15, 0.2) is 59.2 Å². The molecule has 132 valence electrons. The molecule has 26 heavy (non-hydrogen) atoms. The largest absolute Gasteiger partial charge is 0.508 e. The van der Waals surface area contributed by atoms with Crippen molar-refractivity contribution in [2.45, 2.75) is 19.8 Å². The van der Waals surface area contributed by atoms with Gasteiger partial charge in [-0.05, 0) is 30.7 Å². The van der Waals surface area contributed by atoms with Crippen molar-refractivity contribution in [2.75, 3.05) is 6.61 Å². The third-order valence-electron chi connectivity index (χ3n) is 4.34. The SMILES string of the molecule is CCOC(=O)C1=C(C)OC(N)=C(C#N)C1c1c(O)ccc2ccccc12. The van der Waals surface area contributed by atoms with E-state index in [1.807, 2.05) is 30.3 Å². The highest BCUT2D eigenvalue weighted by Crippen LogP contribution is 2.45. The van der Waals surface area contributed by atoms with Gasteiger partial charge in [-0.2, -0.15) is 5.26 Å². The normalized spacial score (nSPS) is 17.0. The molecular formula is C20H18N2O4. The molecule has 0 saturated carbocycles. The zero-order valence-electron chi connectivity index (χ0n) is 14.4. The van der Waals surface area contributed by atoms with Crippen molar-refractivity contribution in [3.63, 3.8) is 0 Å². The van der Waals surface area contributed by atoms with Crippen LogP contribution < -0.4 is 5.73 Å². The summed E-state index contributed by atoms with van der Waals surface area (Å²) in [6.45, 7) is 3.45. The number of phenolic OH excluding ortho intramolecular Hbond substituents is 1. The summed E-state index contributed by atoms with van der Waals surface area (Å²) in [5, 5.41) is 21.8. The van der Waals surface area contributed by atoms with Crippen LogP contribution in [0, 0.1) is 11.3 Å². The van der Waals surface area contributed by atoms with Gasteiger partial charge in [0, 0.05) is 5.56 Å². The van der Waals surface area contributed by atoms with Crippen LogP contribution in [-0.2, 0) is 14.3 Å². The van der Waals surface area contributed by atoms with Gasteiger partial charge in [-0.3, -0.25) is 0 Å². The van der Waals surface area contributed by atoms with Crippen molar-refractivity contribution in [3.05, 3.63) is 64.8 Å². The fraction of sp³-hybridized carbons (Fsp3) is 0.200. The molecule has 1 atom stereocenters. The number of aromatic hydroxyl groups is 1. The zero-order valence-corrected chi connectivity index (χ0v) is 14.4. The van der Waals surface area contributed by atoms with E-state index in [4.69, 9.17) is 15.2 Å². The molecule has 1 aliphatic heterocycles. The van der Waals surface area contributed by atoms with Crippen LogP contribution in [0.25, 0.3) is 10.8 Å². The fourth-order valence-electron chi connectivity index (χ4n) is 3.23. The molecule has 6 heteroatoms. The molecule has 0 bridgehead atoms. The summed E-state index contributed by atoms with van der Waals surface area (Å²) in [4.78, 5) is 12.6. The Labute approximate surface area is 150 Å². The number of nitrogens with zero attached hydrogens (tertiary/aromatic N) is 1. The summed E-state index contributed by atoms with van der Waals surface area (Å²) in [6.07, 6.45) is 0. The Hall–Kier alpha value is -3.46. The zero-order chi connectivity index (χ0) is 18.8. The number of carbonyl (C=O) groups excluding carboxylic acids is 1. The van der Waals surface area contributed by atoms with Gasteiger partial charge in [0.25, 0.3) is 0 Å². The summed E-state index contributed by atoms with van der Waals surface area (Å²) in [5.41, 5.74) is 6.55. The second kappa shape index (κ2) is 6.81. The molecule has 1 unspecified atom stereocenters. The molecule has 0 fully saturated rings. The minimum Gasteiger partial charge on any atom is -0.508 e. The summed E-state index contributed by atoms with van der Waals surface area (Å²) in [7, 11) is 0. The van der Waals surface area contributed by atoms with Crippen LogP contribution in [0.4, 0.5) is 0 Å². The summed E-state index contributed by atoms with van der Waals surface area (Å²) in [6, 6.07) is 12.7. The molecule has 0 aromatic heterocycles. The van der Waals surface area contributed by atoms with Crippen molar-refractivity contribution in [1.82, 2.24) is 0 Å². The van der Waals surface area contributed by atoms with Crippen molar-refractivity contribution in [1.29, 1.82) is 5.26 Å². The third kappa shape index (κ3) is 2.74. The fourth-order valence-corrected chi connectivity index (χ4v) is 3.23. The first kappa shape index (κ1) is 17.4. The molecule has 6 nitrogen and oxygen atoms in total. The molecule has 3 rings (SSSR count). The van der Waals surface area contributed by atoms with E-state index >= 15 is 0 Å². The van der Waals surface area contributed by atoms with Gasteiger partial charge in [-0.25, -0.2) is 4.79 Å². The Balaban J connectivity index is 2.34. The van der Waals surface area contributed by atoms with Crippen LogP contribution in [0.2, 0.25) is 0 Å². The van der Waals surface area contributed by atoms with Crippen LogP contribution >= 0.6 is 0 Å². The lowest BCUT2D eigenvalue weighted by Crippen LogP contribution is -2.25. The summed E-state index contributed by atoms with van der Waals surface area (Å²) >= 11 is 0. The molecule has 0 amide bonds. The van der Waals surface area contributed by atoms with Crippen molar-refractivity contribution in [2.24, 2.45) is 5.73 Å². The van der Waals surface area contributed by atoms with Gasteiger partial charge in [0.1, 0.15) is 23.2 Å². The number of ether oxygens (including phenoxy) is 2. The molecule has 3 N–H and O–H groups in total. The molecule has 0 spiro atoms. The monoisotopic (exact) mass is 350 g/mol. The Morgan fingerprint density at radius 2 is 2.08 bits per heavy atom. The number of hydrogen-bond acceptors (Lipinski definition) is 6. The number of phenols is 1.